The summed E-state index contributed by atoms with van der Waals surface area (Å²) in [4.78, 5) is 21.1. The van der Waals surface area contributed by atoms with Gasteiger partial charge in [0.1, 0.15) is 11.6 Å². The second-order valence-electron chi connectivity index (χ2n) is 12.5. The van der Waals surface area contributed by atoms with E-state index in [0.29, 0.717) is 44.4 Å². The second-order valence-corrected chi connectivity index (χ2v) is 12.5. The molecule has 0 bridgehead atoms. The van der Waals surface area contributed by atoms with Crippen LogP contribution >= 0.6 is 24.8 Å². The van der Waals surface area contributed by atoms with Gasteiger partial charge in [-0.3, -0.25) is 14.6 Å². The molecule has 0 aromatic heterocycles. The number of piperazine rings is 1. The molecule has 3 aromatic carbocycles. The topological polar surface area (TPSA) is 26.8 Å². The van der Waals surface area contributed by atoms with Gasteiger partial charge in [-0.2, -0.15) is 0 Å². The van der Waals surface area contributed by atoms with Crippen molar-refractivity contribution in [3.05, 3.63) is 107 Å². The zero-order valence-corrected chi connectivity index (χ0v) is 28.1. The molecule has 0 spiro atoms. The van der Waals surface area contributed by atoms with Crippen LogP contribution in [0, 0.1) is 23.5 Å². The van der Waals surface area contributed by atoms with Gasteiger partial charge in [0.15, 0.2) is 0 Å². The molecule has 1 atom stereocenters. The highest BCUT2D eigenvalue weighted by Gasteiger charge is 2.34. The van der Waals surface area contributed by atoms with Crippen molar-refractivity contribution in [2.45, 2.75) is 59.0 Å². The number of carbonyl (C=O) groups excluding carboxylic acids is 1. The van der Waals surface area contributed by atoms with Crippen LogP contribution in [0.25, 0.3) is 0 Å². The molecule has 0 aliphatic carbocycles. The van der Waals surface area contributed by atoms with E-state index in [4.69, 9.17) is 0 Å². The Morgan fingerprint density at radius 1 is 0.705 bits per heavy atom. The number of benzene rings is 3. The molecule has 1 saturated heterocycles. The Bertz CT molecular complexity index is 1180. The highest BCUT2D eigenvalue weighted by molar-refractivity contribution is 5.85. The van der Waals surface area contributed by atoms with Crippen LogP contribution in [0.1, 0.15) is 63.3 Å². The number of amides is 1. The van der Waals surface area contributed by atoms with Crippen LogP contribution in [0.2, 0.25) is 0 Å². The summed E-state index contributed by atoms with van der Waals surface area (Å²) in [6.07, 6.45) is 2.81. The number of halogens is 4. The number of hydrogen-bond acceptors (Lipinski definition) is 3. The summed E-state index contributed by atoms with van der Waals surface area (Å²) in [5, 5.41) is 0. The molecule has 1 amide bonds. The number of nitrogens with zero attached hydrogens (tertiary/aromatic N) is 3. The highest BCUT2D eigenvalue weighted by atomic mass is 35.5. The molecule has 1 heterocycles. The van der Waals surface area contributed by atoms with E-state index in [0.717, 1.165) is 37.1 Å². The molecule has 0 saturated carbocycles. The van der Waals surface area contributed by atoms with E-state index in [1.165, 1.54) is 29.8 Å². The first-order valence-corrected chi connectivity index (χ1v) is 15.5. The van der Waals surface area contributed by atoms with Crippen molar-refractivity contribution in [1.29, 1.82) is 0 Å². The van der Waals surface area contributed by atoms with Gasteiger partial charge in [-0.05, 0) is 85.1 Å². The monoisotopic (exact) mass is 647 g/mol. The third-order valence-corrected chi connectivity index (χ3v) is 8.35. The molecule has 1 aliphatic heterocycles. The lowest BCUT2D eigenvalue weighted by molar-refractivity contribution is -0.139. The fraction of sp³-hybridized carbons (Fsp3) is 0.472. The van der Waals surface area contributed by atoms with E-state index in [1.807, 2.05) is 23.1 Å². The van der Waals surface area contributed by atoms with Crippen LogP contribution in [0.4, 0.5) is 8.78 Å². The summed E-state index contributed by atoms with van der Waals surface area (Å²) in [6, 6.07) is 23.1. The van der Waals surface area contributed by atoms with Gasteiger partial charge in [0.05, 0.1) is 12.1 Å². The first-order valence-electron chi connectivity index (χ1n) is 15.5. The second kappa shape index (κ2) is 18.5. The van der Waals surface area contributed by atoms with E-state index >= 15 is 0 Å². The molecule has 242 valence electrons. The minimum absolute atomic E-state index is 0. The summed E-state index contributed by atoms with van der Waals surface area (Å²) < 4.78 is 27.5. The molecule has 44 heavy (non-hydrogen) atoms. The lowest BCUT2D eigenvalue weighted by Gasteiger charge is -2.42. The zero-order chi connectivity index (χ0) is 30.1. The van der Waals surface area contributed by atoms with Gasteiger partial charge in [-0.1, -0.05) is 82.3 Å². The molecule has 0 radical (unpaired) electrons. The van der Waals surface area contributed by atoms with Crippen molar-refractivity contribution in [3.63, 3.8) is 0 Å². The van der Waals surface area contributed by atoms with Gasteiger partial charge in [0.2, 0.25) is 5.91 Å². The van der Waals surface area contributed by atoms with Crippen molar-refractivity contribution in [2.75, 3.05) is 39.3 Å². The Balaban J connectivity index is 0.00000337. The minimum atomic E-state index is -0.282. The summed E-state index contributed by atoms with van der Waals surface area (Å²) in [5.41, 5.74) is 3.10. The van der Waals surface area contributed by atoms with E-state index in [9.17, 15) is 13.6 Å². The van der Waals surface area contributed by atoms with Crippen molar-refractivity contribution in [1.82, 2.24) is 14.7 Å². The third kappa shape index (κ3) is 10.8. The third-order valence-electron chi connectivity index (χ3n) is 8.35. The van der Waals surface area contributed by atoms with Gasteiger partial charge in [0.25, 0.3) is 0 Å². The summed E-state index contributed by atoms with van der Waals surface area (Å²) in [5.74, 6) is 0.771. The van der Waals surface area contributed by atoms with E-state index in [1.54, 1.807) is 24.3 Å². The van der Waals surface area contributed by atoms with Crippen LogP contribution in [-0.4, -0.2) is 65.9 Å². The van der Waals surface area contributed by atoms with E-state index in [-0.39, 0.29) is 54.4 Å². The molecule has 0 N–H and O–H groups in total. The van der Waals surface area contributed by atoms with Gasteiger partial charge >= 0.3 is 0 Å². The van der Waals surface area contributed by atoms with Crippen LogP contribution in [-0.2, 0) is 11.2 Å². The SMILES string of the molecule is CC(C)CCN(CCC(C)C)C(Cc1ccccc1)C(=O)N1CCN(C(c2ccc(F)cc2)c2ccc(F)cc2)CC1.Cl.Cl. The Labute approximate surface area is 275 Å². The van der Waals surface area contributed by atoms with Gasteiger partial charge in [-0.15, -0.1) is 24.8 Å². The van der Waals surface area contributed by atoms with Crippen LogP contribution in [0.3, 0.4) is 0 Å². The van der Waals surface area contributed by atoms with Crippen LogP contribution < -0.4 is 0 Å². The van der Waals surface area contributed by atoms with Gasteiger partial charge < -0.3 is 4.90 Å². The van der Waals surface area contributed by atoms with Gasteiger partial charge in [-0.25, -0.2) is 8.78 Å². The lowest BCUT2D eigenvalue weighted by Crippen LogP contribution is -2.56. The zero-order valence-electron chi connectivity index (χ0n) is 26.5. The van der Waals surface area contributed by atoms with Crippen molar-refractivity contribution in [2.24, 2.45) is 11.8 Å². The molecule has 1 aliphatic rings. The van der Waals surface area contributed by atoms with Crippen LogP contribution in [0.15, 0.2) is 78.9 Å². The first kappa shape index (κ1) is 37.7. The Morgan fingerprint density at radius 2 is 1.16 bits per heavy atom. The maximum Gasteiger partial charge on any atom is 0.240 e. The molecule has 4 rings (SSSR count). The molecule has 4 nitrogen and oxygen atoms in total. The maximum atomic E-state index is 14.3. The molecule has 3 aromatic rings. The average Bonchev–Trinajstić information content (AvgIpc) is 2.98. The van der Waals surface area contributed by atoms with E-state index in [2.05, 4.69) is 49.6 Å². The molecular weight excluding hydrogens is 599 g/mol. The normalized spacial score (nSPS) is 14.5. The summed E-state index contributed by atoms with van der Waals surface area (Å²) in [7, 11) is 0. The summed E-state index contributed by atoms with van der Waals surface area (Å²) in [6.45, 7) is 13.4. The predicted molar refractivity (Wildman–Crippen MR) is 182 cm³/mol. The van der Waals surface area contributed by atoms with Gasteiger partial charge in [0, 0.05) is 26.2 Å². The standard InChI is InChI=1S/C36H47F2N3O.2ClH/c1-27(2)18-20-39(21-19-28(3)4)34(26-29-8-6-5-7-9-29)36(42)41-24-22-40(23-25-41)35(30-10-14-32(37)15-11-30)31-12-16-33(38)17-13-31;;/h5-17,27-28,34-35H,18-26H2,1-4H3;2*1H. The van der Waals surface area contributed by atoms with Crippen LogP contribution in [0.5, 0.6) is 0 Å². The number of hydrogen-bond donors (Lipinski definition) is 0. The first-order chi connectivity index (χ1) is 20.2. The minimum Gasteiger partial charge on any atom is -0.339 e. The molecule has 8 heteroatoms. The molecular formula is C36H49Cl2F2N3O. The number of carbonyl (C=O) groups is 1. The smallest absolute Gasteiger partial charge is 0.240 e. The van der Waals surface area contributed by atoms with Crippen molar-refractivity contribution in [3.8, 4) is 0 Å². The van der Waals surface area contributed by atoms with E-state index < -0.39 is 0 Å². The maximum absolute atomic E-state index is 14.3. The molecule has 1 fully saturated rings. The largest absolute Gasteiger partial charge is 0.339 e. The quantitative estimate of drug-likeness (QED) is 0.188. The van der Waals surface area contributed by atoms with Crippen molar-refractivity contribution < 1.29 is 13.6 Å². The number of rotatable bonds is 13. The lowest BCUT2D eigenvalue weighted by atomic mass is 9.96. The fourth-order valence-electron chi connectivity index (χ4n) is 5.80. The fourth-order valence-corrected chi connectivity index (χ4v) is 5.80. The summed E-state index contributed by atoms with van der Waals surface area (Å²) >= 11 is 0. The Hall–Kier alpha value is -2.51. The molecule has 1 unspecified atom stereocenters. The van der Waals surface area contributed by atoms with Crippen molar-refractivity contribution >= 4 is 30.7 Å². The average molecular weight is 649 g/mol. The Morgan fingerprint density at radius 3 is 1.59 bits per heavy atom. The highest BCUT2D eigenvalue weighted by Crippen LogP contribution is 2.30. The Kier molecular flexibility index (Phi) is 15.8. The predicted octanol–water partition coefficient (Wildman–Crippen LogP) is 8.05.